The van der Waals surface area contributed by atoms with Crippen LogP contribution in [0.15, 0.2) is 97.3 Å². The first-order valence-corrected chi connectivity index (χ1v) is 14.2. The van der Waals surface area contributed by atoms with Gasteiger partial charge in [-0.15, -0.1) is 0 Å². The summed E-state index contributed by atoms with van der Waals surface area (Å²) in [5.74, 6) is 0.623. The molecule has 1 heterocycles. The average Bonchev–Trinajstić information content (AvgIpc) is 3.01. The average molecular weight is 535 g/mol. The number of carbonyl (C=O) groups is 1. The lowest BCUT2D eigenvalue weighted by molar-refractivity contribution is 0.206. The van der Waals surface area contributed by atoms with Gasteiger partial charge in [0.1, 0.15) is 5.75 Å². The predicted molar refractivity (Wildman–Crippen MR) is 161 cm³/mol. The number of nitrogens with zero attached hydrogens (tertiary/aromatic N) is 2. The van der Waals surface area contributed by atoms with E-state index in [0.717, 1.165) is 23.2 Å². The number of anilines is 1. The zero-order valence-electron chi connectivity index (χ0n) is 23.2. The maximum Gasteiger partial charge on any atom is 0.322 e. The van der Waals surface area contributed by atoms with E-state index < -0.39 is 0 Å². The number of hydrogen-bond donors (Lipinski definition) is 2. The third kappa shape index (κ3) is 7.48. The van der Waals surface area contributed by atoms with Crippen LogP contribution in [-0.4, -0.2) is 29.1 Å². The van der Waals surface area contributed by atoms with Gasteiger partial charge in [0.05, 0.1) is 12.8 Å². The summed E-state index contributed by atoms with van der Waals surface area (Å²) in [4.78, 5) is 19.4. The molecule has 6 heteroatoms. The van der Waals surface area contributed by atoms with Crippen LogP contribution >= 0.6 is 0 Å². The molecule has 5 rings (SSSR count). The lowest BCUT2D eigenvalue weighted by Crippen LogP contribution is -2.34. The van der Waals surface area contributed by atoms with E-state index in [1.807, 2.05) is 36.4 Å². The number of aromatic nitrogens is 1. The van der Waals surface area contributed by atoms with Crippen molar-refractivity contribution in [3.63, 3.8) is 0 Å². The second kappa shape index (κ2) is 13.8. The molecule has 0 bridgehead atoms. The smallest absolute Gasteiger partial charge is 0.322 e. The number of benzene rings is 3. The molecule has 0 atom stereocenters. The molecule has 1 saturated carbocycles. The predicted octanol–water partition coefficient (Wildman–Crippen LogP) is 7.41. The van der Waals surface area contributed by atoms with Gasteiger partial charge in [-0.05, 0) is 58.9 Å². The molecular weight excluding hydrogens is 496 g/mol. The summed E-state index contributed by atoms with van der Waals surface area (Å²) in [5, 5.41) is 6.73. The molecule has 1 aliphatic rings. The molecule has 4 aromatic rings. The van der Waals surface area contributed by atoms with Crippen LogP contribution in [-0.2, 0) is 19.6 Å². The summed E-state index contributed by atoms with van der Waals surface area (Å²) in [6.45, 7) is 1.82. The number of hydrogen-bond acceptors (Lipinski definition) is 4. The fraction of sp³-hybridized carbons (Fsp3) is 0.294. The fourth-order valence-electron chi connectivity index (χ4n) is 5.26. The van der Waals surface area contributed by atoms with E-state index in [4.69, 9.17) is 4.74 Å². The number of carbonyl (C=O) groups excluding carboxylic acids is 1. The van der Waals surface area contributed by atoms with Crippen LogP contribution in [0.4, 0.5) is 10.5 Å². The highest BCUT2D eigenvalue weighted by atomic mass is 16.5. The van der Waals surface area contributed by atoms with E-state index >= 15 is 0 Å². The quantitative estimate of drug-likeness (QED) is 0.222. The Kier molecular flexibility index (Phi) is 9.43. The summed E-state index contributed by atoms with van der Waals surface area (Å²) in [7, 11) is 1.60. The van der Waals surface area contributed by atoms with Gasteiger partial charge in [-0.2, -0.15) is 0 Å². The van der Waals surface area contributed by atoms with Gasteiger partial charge in [0.2, 0.25) is 0 Å². The minimum Gasteiger partial charge on any atom is -0.495 e. The summed E-state index contributed by atoms with van der Waals surface area (Å²) in [5.41, 5.74) is 6.32. The first kappa shape index (κ1) is 27.4. The number of methoxy groups -OCH3 is 1. The maximum absolute atomic E-state index is 13.4. The molecule has 6 nitrogen and oxygen atoms in total. The molecule has 0 aliphatic heterocycles. The van der Waals surface area contributed by atoms with E-state index in [2.05, 4.69) is 64.1 Å². The first-order valence-electron chi connectivity index (χ1n) is 14.2. The SMILES string of the molecule is COc1ccccc1NC(=O)N(Cc1ccc(-c2ccc(CNC3CCCCC3)cc2)cc1)Cc1cccnc1. The van der Waals surface area contributed by atoms with Crippen LogP contribution in [0.3, 0.4) is 0 Å². The molecule has 3 aromatic carbocycles. The lowest BCUT2D eigenvalue weighted by atomic mass is 9.95. The standard InChI is InChI=1S/C34H38N4O2/c1-40-33-12-6-5-11-32(33)37-34(39)38(25-28-8-7-21-35-22-28)24-27-15-19-30(20-16-27)29-17-13-26(14-18-29)23-36-31-9-3-2-4-10-31/h5-8,11-22,31,36H,2-4,9-10,23-25H2,1H3,(H,37,39). The molecule has 0 spiro atoms. The second-order valence-electron chi connectivity index (χ2n) is 10.5. The van der Waals surface area contributed by atoms with Gasteiger partial charge in [-0.3, -0.25) is 4.98 Å². The van der Waals surface area contributed by atoms with E-state index in [1.54, 1.807) is 24.4 Å². The number of rotatable bonds is 10. The number of nitrogens with one attached hydrogen (secondary N) is 2. The molecular formula is C34H38N4O2. The van der Waals surface area contributed by atoms with Crippen LogP contribution in [0.5, 0.6) is 5.75 Å². The van der Waals surface area contributed by atoms with Crippen LogP contribution in [0.2, 0.25) is 0 Å². The van der Waals surface area contributed by atoms with E-state index in [-0.39, 0.29) is 6.03 Å². The third-order valence-corrected chi connectivity index (χ3v) is 7.55. The van der Waals surface area contributed by atoms with Crippen molar-refractivity contribution in [3.8, 4) is 16.9 Å². The summed E-state index contributed by atoms with van der Waals surface area (Å²) in [6.07, 6.45) is 10.2. The molecule has 1 fully saturated rings. The van der Waals surface area contributed by atoms with Crippen LogP contribution in [0, 0.1) is 0 Å². The van der Waals surface area contributed by atoms with Crippen molar-refractivity contribution in [1.29, 1.82) is 0 Å². The van der Waals surface area contributed by atoms with Crippen molar-refractivity contribution in [2.24, 2.45) is 0 Å². The Bertz CT molecular complexity index is 1350. The Labute approximate surface area is 237 Å². The van der Waals surface area contributed by atoms with Gasteiger partial charge in [0.25, 0.3) is 0 Å². The van der Waals surface area contributed by atoms with Crippen molar-refractivity contribution in [2.75, 3.05) is 12.4 Å². The number of ether oxygens (including phenoxy) is 1. The molecule has 40 heavy (non-hydrogen) atoms. The monoisotopic (exact) mass is 534 g/mol. The highest BCUT2D eigenvalue weighted by molar-refractivity contribution is 5.91. The van der Waals surface area contributed by atoms with Gasteiger partial charge in [0.15, 0.2) is 0 Å². The third-order valence-electron chi connectivity index (χ3n) is 7.55. The molecule has 1 aromatic heterocycles. The Morgan fingerprint density at radius 3 is 2.17 bits per heavy atom. The molecule has 0 unspecified atom stereocenters. The van der Waals surface area contributed by atoms with Crippen molar-refractivity contribution in [1.82, 2.24) is 15.2 Å². The van der Waals surface area contributed by atoms with E-state index in [9.17, 15) is 4.79 Å². The van der Waals surface area contributed by atoms with Crippen molar-refractivity contribution in [3.05, 3.63) is 114 Å². The van der Waals surface area contributed by atoms with Gasteiger partial charge < -0.3 is 20.3 Å². The zero-order chi connectivity index (χ0) is 27.6. The van der Waals surface area contributed by atoms with Crippen molar-refractivity contribution in [2.45, 2.75) is 57.8 Å². The Balaban J connectivity index is 1.24. The van der Waals surface area contributed by atoms with E-state index in [1.165, 1.54) is 43.2 Å². The zero-order valence-corrected chi connectivity index (χ0v) is 23.2. The number of pyridine rings is 1. The number of para-hydroxylation sites is 2. The summed E-state index contributed by atoms with van der Waals surface area (Å²) in [6, 6.07) is 29.0. The van der Waals surface area contributed by atoms with Crippen LogP contribution < -0.4 is 15.4 Å². The highest BCUT2D eigenvalue weighted by Crippen LogP contribution is 2.25. The highest BCUT2D eigenvalue weighted by Gasteiger charge is 2.17. The molecule has 206 valence electrons. The number of urea groups is 1. The molecule has 0 radical (unpaired) electrons. The van der Waals surface area contributed by atoms with Crippen molar-refractivity contribution < 1.29 is 9.53 Å². The largest absolute Gasteiger partial charge is 0.495 e. The normalized spacial score (nSPS) is 13.5. The fourth-order valence-corrected chi connectivity index (χ4v) is 5.26. The number of amides is 2. The van der Waals surface area contributed by atoms with Crippen LogP contribution in [0.1, 0.15) is 48.8 Å². The van der Waals surface area contributed by atoms with Gasteiger partial charge in [0, 0.05) is 38.1 Å². The van der Waals surface area contributed by atoms with Crippen LogP contribution in [0.25, 0.3) is 11.1 Å². The summed E-state index contributed by atoms with van der Waals surface area (Å²) < 4.78 is 5.42. The minimum atomic E-state index is -0.199. The minimum absolute atomic E-state index is 0.199. The first-order chi connectivity index (χ1) is 19.7. The second-order valence-corrected chi connectivity index (χ2v) is 10.5. The maximum atomic E-state index is 13.4. The lowest BCUT2D eigenvalue weighted by Gasteiger charge is -2.24. The van der Waals surface area contributed by atoms with E-state index in [0.29, 0.717) is 30.6 Å². The Morgan fingerprint density at radius 2 is 1.50 bits per heavy atom. The molecule has 2 amide bonds. The Hall–Kier alpha value is -4.16. The van der Waals surface area contributed by atoms with Crippen molar-refractivity contribution >= 4 is 11.7 Å². The van der Waals surface area contributed by atoms with Gasteiger partial charge in [-0.1, -0.05) is 86.0 Å². The molecule has 1 aliphatic carbocycles. The molecule has 0 saturated heterocycles. The summed E-state index contributed by atoms with van der Waals surface area (Å²) >= 11 is 0. The Morgan fingerprint density at radius 1 is 0.825 bits per heavy atom. The topological polar surface area (TPSA) is 66.5 Å². The van der Waals surface area contributed by atoms with Gasteiger partial charge >= 0.3 is 6.03 Å². The van der Waals surface area contributed by atoms with Gasteiger partial charge in [-0.25, -0.2) is 4.79 Å². The molecule has 2 N–H and O–H groups in total.